The predicted octanol–water partition coefficient (Wildman–Crippen LogP) is 10.9. The maximum Gasteiger partial charge on any atom is 0.123 e. The van der Waals surface area contributed by atoms with Crippen molar-refractivity contribution in [3.8, 4) is 33.6 Å². The van der Waals surface area contributed by atoms with E-state index in [0.29, 0.717) is 0 Å². The number of halogens is 1. The van der Waals surface area contributed by atoms with Crippen molar-refractivity contribution in [1.82, 2.24) is 9.97 Å². The Morgan fingerprint density at radius 3 is 2.30 bits per heavy atom. The van der Waals surface area contributed by atoms with Crippen molar-refractivity contribution in [2.75, 3.05) is 0 Å². The topological polar surface area (TPSA) is 25.8 Å². The normalized spacial score (nSPS) is 11.8. The Kier molecular flexibility index (Phi) is 10.0. The minimum Gasteiger partial charge on any atom is -0.305 e. The average molecular weight is 816 g/mol. The summed E-state index contributed by atoms with van der Waals surface area (Å²) >= 11 is 1.62. The first-order valence-electron chi connectivity index (χ1n) is 15.5. The fourth-order valence-corrected chi connectivity index (χ4v) is 8.06. The fraction of sp³-hybridized carbons (Fsp3) is 0.150. The third-order valence-electron chi connectivity index (χ3n) is 7.77. The summed E-state index contributed by atoms with van der Waals surface area (Å²) in [4.78, 5) is 9.18. The molecule has 3 heterocycles. The zero-order chi connectivity index (χ0) is 32.5. The summed E-state index contributed by atoms with van der Waals surface area (Å²) in [5.74, 6) is -0.915. The number of rotatable bonds is 5. The molecule has 0 spiro atoms. The predicted molar refractivity (Wildman–Crippen MR) is 192 cm³/mol. The SMILES string of the molecule is C[Si](C)(C)c1cnc(-c2[c-]cccc2)cc1-c1ccccc1.[2H]C(C)(C)c1ccnc(-c2[c-]ccc3c2sc2ccc(F)cc23)c1.[Ir]. The van der Waals surface area contributed by atoms with E-state index in [1.807, 2.05) is 62.4 Å². The van der Waals surface area contributed by atoms with E-state index in [4.69, 9.17) is 6.35 Å². The molecule has 0 saturated heterocycles. The molecule has 6 heteroatoms. The first kappa shape index (κ1) is 32.1. The van der Waals surface area contributed by atoms with Gasteiger partial charge >= 0.3 is 0 Å². The zero-order valence-corrected chi connectivity index (χ0v) is 30.7. The second kappa shape index (κ2) is 14.3. The van der Waals surface area contributed by atoms with Gasteiger partial charge in [-0.15, -0.1) is 59.7 Å². The van der Waals surface area contributed by atoms with E-state index >= 15 is 0 Å². The molecular formula is C40H35FIrN2SSi-2. The van der Waals surface area contributed by atoms with E-state index in [0.717, 1.165) is 48.3 Å². The summed E-state index contributed by atoms with van der Waals surface area (Å²) in [6.45, 7) is 10.8. The molecule has 0 aliphatic rings. The number of fused-ring (bicyclic) bond motifs is 3. The Morgan fingerprint density at radius 1 is 0.804 bits per heavy atom. The average Bonchev–Trinajstić information content (AvgIpc) is 3.43. The largest absolute Gasteiger partial charge is 0.305 e. The molecule has 0 N–H and O–H groups in total. The van der Waals surface area contributed by atoms with Gasteiger partial charge in [-0.2, -0.15) is 11.3 Å². The van der Waals surface area contributed by atoms with Gasteiger partial charge in [-0.25, -0.2) is 4.39 Å². The Balaban J connectivity index is 0.000000181. The number of benzene rings is 4. The molecule has 0 aliphatic heterocycles. The van der Waals surface area contributed by atoms with Crippen molar-refractivity contribution >= 4 is 44.8 Å². The standard InChI is InChI=1S/C20H15FNS.C20H20NSi.Ir/c1-12(2)13-8-9-22-18(10-13)16-5-3-4-15-17-11-14(21)6-7-19(17)23-20(15)16;1-22(2,3)20-15-21-19(17-12-8-5-9-13-17)14-18(20)16-10-6-4-7-11-16;/h3-4,6-12H,1-2H3;4-12,14-15H,1-3H3;/q2*-1;/i12D;;. The van der Waals surface area contributed by atoms with E-state index in [9.17, 15) is 4.39 Å². The van der Waals surface area contributed by atoms with Gasteiger partial charge < -0.3 is 9.97 Å². The second-order valence-electron chi connectivity index (χ2n) is 12.3. The van der Waals surface area contributed by atoms with E-state index < -0.39 is 14.0 Å². The molecular weight excluding hydrogens is 780 g/mol. The van der Waals surface area contributed by atoms with Crippen LogP contribution in [-0.2, 0) is 20.1 Å². The van der Waals surface area contributed by atoms with Crippen LogP contribution in [0.3, 0.4) is 0 Å². The van der Waals surface area contributed by atoms with Crippen LogP contribution >= 0.6 is 11.3 Å². The molecule has 1 radical (unpaired) electrons. The molecule has 7 aromatic rings. The molecule has 0 bridgehead atoms. The molecule has 0 unspecified atom stereocenters. The smallest absolute Gasteiger partial charge is 0.123 e. The van der Waals surface area contributed by atoms with Crippen molar-refractivity contribution in [1.29, 1.82) is 0 Å². The van der Waals surface area contributed by atoms with Crippen molar-refractivity contribution < 1.29 is 25.9 Å². The molecule has 233 valence electrons. The summed E-state index contributed by atoms with van der Waals surface area (Å²) in [5, 5.41) is 3.33. The number of hydrogen-bond acceptors (Lipinski definition) is 3. The van der Waals surface area contributed by atoms with Crippen LogP contribution in [0.2, 0.25) is 19.6 Å². The van der Waals surface area contributed by atoms with Crippen molar-refractivity contribution in [3.63, 3.8) is 0 Å². The first-order chi connectivity index (χ1) is 22.0. The minimum atomic E-state index is -1.46. The van der Waals surface area contributed by atoms with E-state index in [2.05, 4.69) is 85.4 Å². The maximum absolute atomic E-state index is 13.6. The number of aromatic nitrogens is 2. The van der Waals surface area contributed by atoms with Gasteiger partial charge in [0, 0.05) is 38.6 Å². The van der Waals surface area contributed by atoms with Gasteiger partial charge in [-0.05, 0) is 67.9 Å². The van der Waals surface area contributed by atoms with Crippen LogP contribution in [-0.4, -0.2) is 18.0 Å². The summed E-state index contributed by atoms with van der Waals surface area (Å²) < 4.78 is 23.9. The molecule has 2 nitrogen and oxygen atoms in total. The van der Waals surface area contributed by atoms with Crippen LogP contribution in [0, 0.1) is 17.9 Å². The molecule has 0 aliphatic carbocycles. The Morgan fingerprint density at radius 2 is 1.59 bits per heavy atom. The van der Waals surface area contributed by atoms with Crippen molar-refractivity contribution in [2.24, 2.45) is 0 Å². The van der Waals surface area contributed by atoms with Crippen LogP contribution in [0.1, 0.15) is 26.7 Å². The molecule has 0 atom stereocenters. The third kappa shape index (κ3) is 7.27. The monoisotopic (exact) mass is 816 g/mol. The van der Waals surface area contributed by atoms with E-state index in [1.54, 1.807) is 23.6 Å². The number of nitrogens with zero attached hydrogens (tertiary/aromatic N) is 2. The van der Waals surface area contributed by atoms with Gasteiger partial charge in [0.05, 0.1) is 8.07 Å². The molecule has 0 fully saturated rings. The molecule has 0 amide bonds. The number of hydrogen-bond donors (Lipinski definition) is 0. The van der Waals surface area contributed by atoms with Crippen LogP contribution in [0.25, 0.3) is 53.8 Å². The van der Waals surface area contributed by atoms with Crippen LogP contribution in [0.4, 0.5) is 4.39 Å². The van der Waals surface area contributed by atoms with Crippen molar-refractivity contribution in [2.45, 2.75) is 39.4 Å². The van der Waals surface area contributed by atoms with E-state index in [1.165, 1.54) is 22.4 Å². The van der Waals surface area contributed by atoms with Gasteiger partial charge in [-0.3, -0.25) is 0 Å². The maximum atomic E-state index is 13.6. The van der Waals surface area contributed by atoms with Gasteiger partial charge in [-0.1, -0.05) is 86.9 Å². The number of pyridine rings is 2. The second-order valence-corrected chi connectivity index (χ2v) is 18.4. The van der Waals surface area contributed by atoms with Crippen LogP contribution < -0.4 is 5.19 Å². The van der Waals surface area contributed by atoms with Gasteiger partial charge in [0.25, 0.3) is 0 Å². The Labute approximate surface area is 291 Å². The van der Waals surface area contributed by atoms with Gasteiger partial charge in [0.1, 0.15) is 5.82 Å². The van der Waals surface area contributed by atoms with E-state index in [-0.39, 0.29) is 25.9 Å². The zero-order valence-electron chi connectivity index (χ0n) is 27.5. The van der Waals surface area contributed by atoms with Crippen molar-refractivity contribution in [3.05, 3.63) is 139 Å². The van der Waals surface area contributed by atoms with Crippen LogP contribution in [0.5, 0.6) is 0 Å². The Bertz CT molecular complexity index is 2140. The number of thiophene rings is 1. The molecule has 4 aromatic carbocycles. The molecule has 0 saturated carbocycles. The van der Waals surface area contributed by atoms with Crippen LogP contribution in [0.15, 0.2) is 116 Å². The minimum absolute atomic E-state index is 0. The van der Waals surface area contributed by atoms with Gasteiger partial charge in [0.2, 0.25) is 0 Å². The fourth-order valence-electron chi connectivity index (χ4n) is 5.39. The first-order valence-corrected chi connectivity index (χ1v) is 19.3. The third-order valence-corrected chi connectivity index (χ3v) is 11.0. The molecule has 46 heavy (non-hydrogen) atoms. The Hall–Kier alpha value is -3.80. The summed E-state index contributed by atoms with van der Waals surface area (Å²) in [6.07, 6.45) is 3.81. The van der Waals surface area contributed by atoms with Gasteiger partial charge in [0.15, 0.2) is 0 Å². The summed E-state index contributed by atoms with van der Waals surface area (Å²) in [5.41, 5.74) is 7.21. The molecule has 7 rings (SSSR count). The molecule has 3 aromatic heterocycles. The summed E-state index contributed by atoms with van der Waals surface area (Å²) in [6, 6.07) is 39.9. The quantitative estimate of drug-likeness (QED) is 0.128. The summed E-state index contributed by atoms with van der Waals surface area (Å²) in [7, 11) is -1.46.